The molecule has 0 saturated heterocycles. The van der Waals surface area contributed by atoms with Crippen LogP contribution < -0.4 is 0 Å². The summed E-state index contributed by atoms with van der Waals surface area (Å²) >= 11 is 0. The molecule has 2 heteroatoms. The van der Waals surface area contributed by atoms with E-state index in [1.165, 1.54) is 0 Å². The average Bonchev–Trinajstić information content (AvgIpc) is 2.08. The van der Waals surface area contributed by atoms with Crippen LogP contribution in [0.1, 0.15) is 33.6 Å². The van der Waals surface area contributed by atoms with E-state index in [-0.39, 0.29) is 11.3 Å². The van der Waals surface area contributed by atoms with Gasteiger partial charge < -0.3 is 5.11 Å². The van der Waals surface area contributed by atoms with Gasteiger partial charge in [0.15, 0.2) is 0 Å². The van der Waals surface area contributed by atoms with Gasteiger partial charge in [-0.1, -0.05) is 20.8 Å². The molecule has 0 radical (unpaired) electrons. The summed E-state index contributed by atoms with van der Waals surface area (Å²) in [5.41, 5.74) is -0.00810. The Morgan fingerprint density at radius 1 is 1.45 bits per heavy atom. The zero-order valence-corrected chi connectivity index (χ0v) is 7.42. The molecule has 1 fully saturated rings. The Kier molecular flexibility index (Phi) is 1.95. The Labute approximate surface area is 67.6 Å². The highest BCUT2D eigenvalue weighted by molar-refractivity contribution is 5.71. The first-order valence-corrected chi connectivity index (χ1v) is 4.19. The summed E-state index contributed by atoms with van der Waals surface area (Å²) in [4.78, 5) is 10.8. The lowest BCUT2D eigenvalue weighted by atomic mass is 9.76. The smallest absolute Gasteiger partial charge is 0.307 e. The quantitative estimate of drug-likeness (QED) is 0.631. The van der Waals surface area contributed by atoms with Crippen molar-refractivity contribution in [3.8, 4) is 0 Å². The zero-order valence-electron chi connectivity index (χ0n) is 7.42. The molecule has 0 aromatic heterocycles. The molecule has 1 saturated carbocycles. The van der Waals surface area contributed by atoms with Gasteiger partial charge in [0.1, 0.15) is 0 Å². The average molecular weight is 156 g/mol. The lowest BCUT2D eigenvalue weighted by Crippen LogP contribution is -2.29. The first-order chi connectivity index (χ1) is 4.96. The lowest BCUT2D eigenvalue weighted by molar-refractivity contribution is -0.145. The standard InChI is InChI=1S/C9H16O2/c1-6-4-5-7(8(10)11)9(6,2)3/h6-7H,4-5H2,1-3H3,(H,10,11)/t6-,7-/m1/s1. The van der Waals surface area contributed by atoms with Crippen LogP contribution in [0.15, 0.2) is 0 Å². The van der Waals surface area contributed by atoms with Gasteiger partial charge in [-0.3, -0.25) is 4.79 Å². The number of hydrogen-bond acceptors (Lipinski definition) is 1. The predicted octanol–water partition coefficient (Wildman–Crippen LogP) is 2.14. The van der Waals surface area contributed by atoms with Crippen molar-refractivity contribution in [2.24, 2.45) is 17.3 Å². The molecule has 0 bridgehead atoms. The first-order valence-electron chi connectivity index (χ1n) is 4.19. The summed E-state index contributed by atoms with van der Waals surface area (Å²) in [6, 6.07) is 0. The summed E-state index contributed by atoms with van der Waals surface area (Å²) in [7, 11) is 0. The third kappa shape index (κ3) is 1.26. The van der Waals surface area contributed by atoms with E-state index in [0.29, 0.717) is 5.92 Å². The molecule has 0 spiro atoms. The van der Waals surface area contributed by atoms with Gasteiger partial charge in [0.25, 0.3) is 0 Å². The van der Waals surface area contributed by atoms with E-state index in [2.05, 4.69) is 20.8 Å². The Morgan fingerprint density at radius 2 is 2.00 bits per heavy atom. The minimum absolute atomic E-state index is 0.00810. The van der Waals surface area contributed by atoms with Crippen LogP contribution in [0.25, 0.3) is 0 Å². The minimum atomic E-state index is -0.626. The predicted molar refractivity (Wildman–Crippen MR) is 43.3 cm³/mol. The van der Waals surface area contributed by atoms with Crippen molar-refractivity contribution >= 4 is 5.97 Å². The lowest BCUT2D eigenvalue weighted by Gasteiger charge is -2.28. The summed E-state index contributed by atoms with van der Waals surface area (Å²) in [6.45, 7) is 6.26. The van der Waals surface area contributed by atoms with Crippen molar-refractivity contribution < 1.29 is 9.90 Å². The molecule has 0 aromatic rings. The first kappa shape index (κ1) is 8.57. The number of hydrogen-bond donors (Lipinski definition) is 1. The van der Waals surface area contributed by atoms with E-state index in [0.717, 1.165) is 12.8 Å². The maximum absolute atomic E-state index is 10.8. The largest absolute Gasteiger partial charge is 0.481 e. The fraction of sp³-hybridized carbons (Fsp3) is 0.889. The summed E-state index contributed by atoms with van der Waals surface area (Å²) < 4.78 is 0. The highest BCUT2D eigenvalue weighted by Crippen LogP contribution is 2.46. The van der Waals surface area contributed by atoms with Crippen molar-refractivity contribution in [1.82, 2.24) is 0 Å². The Bertz CT molecular complexity index is 172. The van der Waals surface area contributed by atoms with Crippen LogP contribution in [0.2, 0.25) is 0 Å². The molecule has 0 aromatic carbocycles. The van der Waals surface area contributed by atoms with E-state index in [1.807, 2.05) is 0 Å². The fourth-order valence-electron chi connectivity index (χ4n) is 1.95. The van der Waals surface area contributed by atoms with Gasteiger partial charge in [0, 0.05) is 0 Å². The van der Waals surface area contributed by atoms with Gasteiger partial charge in [0.2, 0.25) is 0 Å². The number of rotatable bonds is 1. The monoisotopic (exact) mass is 156 g/mol. The number of carboxylic acids is 1. The molecule has 0 unspecified atom stereocenters. The van der Waals surface area contributed by atoms with Gasteiger partial charge in [0.05, 0.1) is 5.92 Å². The van der Waals surface area contributed by atoms with Crippen molar-refractivity contribution in [1.29, 1.82) is 0 Å². The van der Waals surface area contributed by atoms with Crippen LogP contribution in [-0.2, 0) is 4.79 Å². The molecule has 0 heterocycles. The van der Waals surface area contributed by atoms with Crippen LogP contribution in [0, 0.1) is 17.3 Å². The highest BCUT2D eigenvalue weighted by atomic mass is 16.4. The molecule has 1 aliphatic rings. The zero-order chi connectivity index (χ0) is 8.65. The third-order valence-electron chi connectivity index (χ3n) is 3.35. The normalized spacial score (nSPS) is 35.5. The van der Waals surface area contributed by atoms with Crippen LogP contribution in [-0.4, -0.2) is 11.1 Å². The molecule has 1 N–H and O–H groups in total. The van der Waals surface area contributed by atoms with Crippen LogP contribution in [0.5, 0.6) is 0 Å². The van der Waals surface area contributed by atoms with Crippen LogP contribution in [0.4, 0.5) is 0 Å². The third-order valence-corrected chi connectivity index (χ3v) is 3.35. The van der Waals surface area contributed by atoms with E-state index in [1.54, 1.807) is 0 Å². The second-order valence-corrected chi connectivity index (χ2v) is 4.19. The van der Waals surface area contributed by atoms with E-state index in [4.69, 9.17) is 5.11 Å². The number of carbonyl (C=O) groups is 1. The Hall–Kier alpha value is -0.530. The van der Waals surface area contributed by atoms with Gasteiger partial charge in [-0.2, -0.15) is 0 Å². The minimum Gasteiger partial charge on any atom is -0.481 e. The van der Waals surface area contributed by atoms with Gasteiger partial charge >= 0.3 is 5.97 Å². The van der Waals surface area contributed by atoms with Gasteiger partial charge in [-0.05, 0) is 24.2 Å². The second-order valence-electron chi connectivity index (χ2n) is 4.19. The maximum Gasteiger partial charge on any atom is 0.307 e. The summed E-state index contributed by atoms with van der Waals surface area (Å²) in [5.74, 6) is -0.208. The molecule has 2 atom stereocenters. The van der Waals surface area contributed by atoms with Crippen LogP contribution in [0.3, 0.4) is 0 Å². The molecule has 1 aliphatic carbocycles. The summed E-state index contributed by atoms with van der Waals surface area (Å²) in [6.07, 6.45) is 1.91. The fourth-order valence-corrected chi connectivity index (χ4v) is 1.95. The number of carboxylic acid groups (broad SMARTS) is 1. The molecule has 0 amide bonds. The maximum atomic E-state index is 10.8. The van der Waals surface area contributed by atoms with E-state index in [9.17, 15) is 4.79 Å². The SMILES string of the molecule is C[C@@H]1CC[C@H](C(=O)O)C1(C)C. The molecule has 0 aliphatic heterocycles. The topological polar surface area (TPSA) is 37.3 Å². The second kappa shape index (κ2) is 2.50. The molecular formula is C9H16O2. The summed E-state index contributed by atoms with van der Waals surface area (Å²) in [5, 5.41) is 8.87. The van der Waals surface area contributed by atoms with Crippen molar-refractivity contribution in [2.45, 2.75) is 33.6 Å². The molecule has 64 valence electrons. The van der Waals surface area contributed by atoms with E-state index < -0.39 is 5.97 Å². The number of aliphatic carboxylic acids is 1. The van der Waals surface area contributed by atoms with Gasteiger partial charge in [-0.25, -0.2) is 0 Å². The van der Waals surface area contributed by atoms with Crippen LogP contribution >= 0.6 is 0 Å². The van der Waals surface area contributed by atoms with Crippen molar-refractivity contribution in [3.05, 3.63) is 0 Å². The van der Waals surface area contributed by atoms with Crippen molar-refractivity contribution in [3.63, 3.8) is 0 Å². The molecule has 11 heavy (non-hydrogen) atoms. The Balaban J connectivity index is 2.78. The van der Waals surface area contributed by atoms with Gasteiger partial charge in [-0.15, -0.1) is 0 Å². The molecular weight excluding hydrogens is 140 g/mol. The van der Waals surface area contributed by atoms with Crippen molar-refractivity contribution in [2.75, 3.05) is 0 Å². The highest BCUT2D eigenvalue weighted by Gasteiger charge is 2.44. The Morgan fingerprint density at radius 3 is 2.18 bits per heavy atom. The molecule has 2 nitrogen and oxygen atoms in total. The van der Waals surface area contributed by atoms with E-state index >= 15 is 0 Å². The molecule has 1 rings (SSSR count).